The Hall–Kier alpha value is -3.32. The number of hydrogen-bond acceptors (Lipinski definition) is 5. The van der Waals surface area contributed by atoms with Gasteiger partial charge in [0.25, 0.3) is 0 Å². The Morgan fingerprint density at radius 3 is 2.70 bits per heavy atom. The molecule has 6 nitrogen and oxygen atoms in total. The smallest absolute Gasteiger partial charge is 0.237 e. The number of nitrogens with two attached hydrogens (primary N) is 1. The van der Waals surface area contributed by atoms with Crippen molar-refractivity contribution in [2.75, 3.05) is 11.2 Å². The third-order valence-electron chi connectivity index (χ3n) is 4.90. The summed E-state index contributed by atoms with van der Waals surface area (Å²) in [7, 11) is 0. The summed E-state index contributed by atoms with van der Waals surface area (Å²) < 4.78 is 1.48. The quantitative estimate of drug-likeness (QED) is 0.363. The maximum atomic E-state index is 12.6. The molecule has 4 rings (SSSR count). The molecular weight excluding hydrogens is 394 g/mol. The van der Waals surface area contributed by atoms with Gasteiger partial charge in [0.15, 0.2) is 5.82 Å². The number of thioether (sulfide) groups is 1. The lowest BCUT2D eigenvalue weighted by molar-refractivity contribution is -0.115. The molecule has 3 N–H and O–H groups in total. The van der Waals surface area contributed by atoms with Crippen molar-refractivity contribution in [2.45, 2.75) is 30.7 Å². The van der Waals surface area contributed by atoms with Gasteiger partial charge in [-0.1, -0.05) is 66.4 Å². The van der Waals surface area contributed by atoms with E-state index < -0.39 is 0 Å². The Kier molecular flexibility index (Phi) is 5.72. The summed E-state index contributed by atoms with van der Waals surface area (Å²) >= 11 is 1.29. The number of hydrogen-bond donors (Lipinski definition) is 2. The molecule has 1 amide bonds. The van der Waals surface area contributed by atoms with E-state index in [2.05, 4.69) is 39.8 Å². The van der Waals surface area contributed by atoms with Crippen molar-refractivity contribution in [1.82, 2.24) is 14.9 Å². The van der Waals surface area contributed by atoms with Crippen molar-refractivity contribution in [3.05, 3.63) is 83.7 Å². The van der Waals surface area contributed by atoms with Crippen LogP contribution in [-0.2, 0) is 11.2 Å². The van der Waals surface area contributed by atoms with Crippen LogP contribution in [0.1, 0.15) is 23.9 Å². The maximum absolute atomic E-state index is 12.6. The Labute approximate surface area is 179 Å². The number of amides is 1. The normalized spacial score (nSPS) is 12.1. The van der Waals surface area contributed by atoms with Gasteiger partial charge in [-0.3, -0.25) is 4.79 Å². The zero-order chi connectivity index (χ0) is 21.1. The summed E-state index contributed by atoms with van der Waals surface area (Å²) in [6.07, 6.45) is 0.565. The molecule has 0 saturated heterocycles. The molecule has 0 saturated carbocycles. The van der Waals surface area contributed by atoms with Crippen molar-refractivity contribution in [3.63, 3.8) is 0 Å². The highest BCUT2D eigenvalue weighted by Crippen LogP contribution is 2.25. The minimum Gasteiger partial charge on any atom is -0.336 e. The predicted octanol–water partition coefficient (Wildman–Crippen LogP) is 4.16. The topological polar surface area (TPSA) is 85.8 Å². The molecule has 4 aromatic rings. The molecule has 7 heteroatoms. The third-order valence-corrected chi connectivity index (χ3v) is 5.96. The molecule has 1 atom stereocenters. The highest BCUT2D eigenvalue weighted by molar-refractivity contribution is 8.00. The van der Waals surface area contributed by atoms with Crippen LogP contribution in [0.5, 0.6) is 0 Å². The first-order valence-electron chi connectivity index (χ1n) is 9.71. The lowest BCUT2D eigenvalue weighted by atomic mass is 10.0. The van der Waals surface area contributed by atoms with Gasteiger partial charge in [0.05, 0.1) is 5.25 Å². The zero-order valence-electron chi connectivity index (χ0n) is 16.9. The summed E-state index contributed by atoms with van der Waals surface area (Å²) in [6.45, 7) is 3.82. The fourth-order valence-electron chi connectivity index (χ4n) is 3.30. The summed E-state index contributed by atoms with van der Waals surface area (Å²) in [4.78, 5) is 12.6. The first-order chi connectivity index (χ1) is 14.5. The van der Waals surface area contributed by atoms with E-state index in [1.54, 1.807) is 0 Å². The third kappa shape index (κ3) is 4.31. The molecule has 0 aliphatic heterocycles. The van der Waals surface area contributed by atoms with Crippen molar-refractivity contribution in [3.8, 4) is 0 Å². The number of benzene rings is 3. The monoisotopic (exact) mass is 417 g/mol. The number of nitrogens with zero attached hydrogens (tertiary/aromatic N) is 3. The van der Waals surface area contributed by atoms with Gasteiger partial charge in [-0.05, 0) is 47.9 Å². The Balaban J connectivity index is 1.47. The van der Waals surface area contributed by atoms with Gasteiger partial charge >= 0.3 is 0 Å². The standard InChI is InChI=1S/C23H23N5OS/c1-15-7-5-11-19(13-15)25-22(29)16(2)30-23-27-26-21(28(23)24)14-18-10-6-9-17-8-3-4-12-20(17)18/h3-13,16H,14,24H2,1-2H3,(H,25,29)/t16-/m0/s1. The lowest BCUT2D eigenvalue weighted by Gasteiger charge is -2.12. The molecule has 1 aromatic heterocycles. The van der Waals surface area contributed by atoms with Crippen LogP contribution >= 0.6 is 11.8 Å². The van der Waals surface area contributed by atoms with Crippen LogP contribution in [0.25, 0.3) is 10.8 Å². The first-order valence-corrected chi connectivity index (χ1v) is 10.6. The molecule has 0 unspecified atom stereocenters. The van der Waals surface area contributed by atoms with E-state index in [0.29, 0.717) is 17.4 Å². The van der Waals surface area contributed by atoms with Crippen molar-refractivity contribution in [2.24, 2.45) is 0 Å². The molecule has 0 radical (unpaired) electrons. The highest BCUT2D eigenvalue weighted by Gasteiger charge is 2.20. The minimum absolute atomic E-state index is 0.107. The number of anilines is 1. The molecule has 152 valence electrons. The zero-order valence-corrected chi connectivity index (χ0v) is 17.7. The van der Waals surface area contributed by atoms with Crippen LogP contribution in [0.3, 0.4) is 0 Å². The number of nitrogen functional groups attached to an aromatic ring is 1. The summed E-state index contributed by atoms with van der Waals surface area (Å²) in [5.74, 6) is 6.80. The molecule has 0 bridgehead atoms. The Morgan fingerprint density at radius 1 is 1.10 bits per heavy atom. The Morgan fingerprint density at radius 2 is 1.87 bits per heavy atom. The molecule has 30 heavy (non-hydrogen) atoms. The van der Waals surface area contributed by atoms with Gasteiger partial charge < -0.3 is 11.2 Å². The predicted molar refractivity (Wildman–Crippen MR) is 122 cm³/mol. The number of fused-ring (bicyclic) bond motifs is 1. The number of carbonyl (C=O) groups excluding carboxylic acids is 1. The summed E-state index contributed by atoms with van der Waals surface area (Å²) in [5.41, 5.74) is 3.00. The molecule has 0 aliphatic rings. The van der Waals surface area contributed by atoms with E-state index in [1.807, 2.05) is 56.3 Å². The summed E-state index contributed by atoms with van der Waals surface area (Å²) in [6, 6.07) is 22.1. The number of aromatic nitrogens is 3. The van der Waals surface area contributed by atoms with Crippen LogP contribution in [0.4, 0.5) is 5.69 Å². The van der Waals surface area contributed by atoms with Gasteiger partial charge in [0, 0.05) is 12.1 Å². The fraction of sp³-hybridized carbons (Fsp3) is 0.174. The van der Waals surface area contributed by atoms with E-state index in [0.717, 1.165) is 16.8 Å². The first kappa shape index (κ1) is 20.0. The van der Waals surface area contributed by atoms with Gasteiger partial charge in [0.1, 0.15) is 0 Å². The fourth-order valence-corrected chi connectivity index (χ4v) is 4.09. The van der Waals surface area contributed by atoms with E-state index in [9.17, 15) is 4.79 Å². The molecule has 0 spiro atoms. The van der Waals surface area contributed by atoms with Crippen LogP contribution in [0.15, 0.2) is 71.9 Å². The largest absolute Gasteiger partial charge is 0.336 e. The van der Waals surface area contributed by atoms with Crippen LogP contribution in [-0.4, -0.2) is 26.0 Å². The van der Waals surface area contributed by atoms with E-state index in [-0.39, 0.29) is 11.2 Å². The van der Waals surface area contributed by atoms with Gasteiger partial charge in [-0.15, -0.1) is 10.2 Å². The molecule has 1 heterocycles. The maximum Gasteiger partial charge on any atom is 0.237 e. The van der Waals surface area contributed by atoms with Crippen molar-refractivity contribution < 1.29 is 4.79 Å². The van der Waals surface area contributed by atoms with Crippen LogP contribution in [0.2, 0.25) is 0 Å². The van der Waals surface area contributed by atoms with E-state index >= 15 is 0 Å². The van der Waals surface area contributed by atoms with Crippen molar-refractivity contribution >= 4 is 34.1 Å². The van der Waals surface area contributed by atoms with E-state index in [4.69, 9.17) is 5.84 Å². The van der Waals surface area contributed by atoms with Gasteiger partial charge in [0.2, 0.25) is 11.1 Å². The van der Waals surface area contributed by atoms with E-state index in [1.165, 1.54) is 27.2 Å². The number of aryl methyl sites for hydroxylation is 1. The second kappa shape index (κ2) is 8.59. The SMILES string of the molecule is Cc1cccc(NC(=O)[C@H](C)Sc2nnc(Cc3cccc4ccccc34)n2N)c1. The molecule has 0 aliphatic carbocycles. The summed E-state index contributed by atoms with van der Waals surface area (Å²) in [5, 5.41) is 13.9. The second-order valence-electron chi connectivity index (χ2n) is 7.20. The van der Waals surface area contributed by atoms with Crippen molar-refractivity contribution in [1.29, 1.82) is 0 Å². The van der Waals surface area contributed by atoms with Crippen LogP contribution in [0, 0.1) is 6.92 Å². The molecule has 0 fully saturated rings. The molecular formula is C23H23N5OS. The average Bonchev–Trinajstić information content (AvgIpc) is 3.07. The lowest BCUT2D eigenvalue weighted by Crippen LogP contribution is -2.24. The number of nitrogens with one attached hydrogen (secondary N) is 1. The van der Waals surface area contributed by atoms with Gasteiger partial charge in [-0.2, -0.15) is 0 Å². The van der Waals surface area contributed by atoms with Crippen LogP contribution < -0.4 is 11.2 Å². The minimum atomic E-state index is -0.373. The highest BCUT2D eigenvalue weighted by atomic mass is 32.2. The molecule has 3 aromatic carbocycles. The average molecular weight is 418 g/mol. The van der Waals surface area contributed by atoms with Gasteiger partial charge in [-0.25, -0.2) is 4.68 Å². The number of carbonyl (C=O) groups is 1. The number of rotatable bonds is 6. The Bertz CT molecular complexity index is 1200. The second-order valence-corrected chi connectivity index (χ2v) is 8.51.